The molecule has 0 aromatic carbocycles. The van der Waals surface area contributed by atoms with Crippen LogP contribution in [0.3, 0.4) is 0 Å². The van der Waals surface area contributed by atoms with Crippen LogP contribution in [0.4, 0.5) is 0 Å². The molecule has 0 aromatic heterocycles. The van der Waals surface area contributed by atoms with Crippen LogP contribution in [0.15, 0.2) is 0 Å². The van der Waals surface area contributed by atoms with Crippen molar-refractivity contribution in [3.05, 3.63) is 0 Å². The van der Waals surface area contributed by atoms with Gasteiger partial charge in [-0.1, -0.05) is 13.8 Å². The first kappa shape index (κ1) is 8.06. The average molecular weight is 142 g/mol. The van der Waals surface area contributed by atoms with Crippen LogP contribution < -0.4 is 0 Å². The van der Waals surface area contributed by atoms with Gasteiger partial charge in [0.15, 0.2) is 0 Å². The van der Waals surface area contributed by atoms with Crippen molar-refractivity contribution in [1.29, 1.82) is 0 Å². The minimum absolute atomic E-state index is 0.201. The zero-order valence-corrected chi connectivity index (χ0v) is 7.31. The van der Waals surface area contributed by atoms with Gasteiger partial charge >= 0.3 is 0 Å². The van der Waals surface area contributed by atoms with Gasteiger partial charge in [-0.2, -0.15) is 0 Å². The smallest absolute Gasteiger partial charge is 0.0652 e. The maximum absolute atomic E-state index is 5.73. The van der Waals surface area contributed by atoms with Crippen molar-refractivity contribution in [2.24, 2.45) is 5.92 Å². The first-order chi connectivity index (χ1) is 4.66. The van der Waals surface area contributed by atoms with Crippen molar-refractivity contribution in [2.45, 2.75) is 45.6 Å². The molecule has 2 atom stereocenters. The molecular weight excluding hydrogens is 124 g/mol. The second-order valence-electron chi connectivity index (χ2n) is 3.76. The third-order valence-corrected chi connectivity index (χ3v) is 2.63. The molecule has 0 amide bonds. The summed E-state index contributed by atoms with van der Waals surface area (Å²) in [6.07, 6.45) is 3.73. The van der Waals surface area contributed by atoms with Gasteiger partial charge in [-0.25, -0.2) is 0 Å². The molecule has 1 unspecified atom stereocenters. The largest absolute Gasteiger partial charge is 0.375 e. The third kappa shape index (κ3) is 1.72. The third-order valence-electron chi connectivity index (χ3n) is 2.63. The van der Waals surface area contributed by atoms with E-state index >= 15 is 0 Å². The molecule has 1 heteroatoms. The highest BCUT2D eigenvalue weighted by Gasteiger charge is 2.28. The highest BCUT2D eigenvalue weighted by molar-refractivity contribution is 4.78. The first-order valence-electron chi connectivity index (χ1n) is 4.30. The molecule has 0 bridgehead atoms. The lowest BCUT2D eigenvalue weighted by Crippen LogP contribution is -2.35. The van der Waals surface area contributed by atoms with Gasteiger partial charge in [0.05, 0.1) is 5.60 Å². The van der Waals surface area contributed by atoms with Crippen LogP contribution in [0.2, 0.25) is 0 Å². The average Bonchev–Trinajstić information content (AvgIpc) is 1.96. The molecule has 1 saturated heterocycles. The number of hydrogen-bond acceptors (Lipinski definition) is 1. The SMILES string of the molecule is CC[C@@]1(C)CCC(C)CO1. The fraction of sp³-hybridized carbons (Fsp3) is 1.00. The first-order valence-corrected chi connectivity index (χ1v) is 4.30. The van der Waals surface area contributed by atoms with E-state index in [-0.39, 0.29) is 5.60 Å². The van der Waals surface area contributed by atoms with Gasteiger partial charge in [-0.15, -0.1) is 0 Å². The second kappa shape index (κ2) is 2.91. The molecule has 0 radical (unpaired) electrons. The molecule has 0 saturated carbocycles. The summed E-state index contributed by atoms with van der Waals surface area (Å²) < 4.78 is 5.73. The lowest BCUT2D eigenvalue weighted by molar-refractivity contribution is -0.0871. The van der Waals surface area contributed by atoms with Crippen molar-refractivity contribution in [3.8, 4) is 0 Å². The Morgan fingerprint density at radius 3 is 2.70 bits per heavy atom. The maximum Gasteiger partial charge on any atom is 0.0652 e. The molecule has 1 heterocycles. The van der Waals surface area contributed by atoms with E-state index in [9.17, 15) is 0 Å². The summed E-state index contributed by atoms with van der Waals surface area (Å²) in [5.41, 5.74) is 0.201. The quantitative estimate of drug-likeness (QED) is 0.547. The van der Waals surface area contributed by atoms with E-state index in [1.165, 1.54) is 12.8 Å². The lowest BCUT2D eigenvalue weighted by Gasteiger charge is -2.35. The predicted molar refractivity (Wildman–Crippen MR) is 43.0 cm³/mol. The molecule has 0 N–H and O–H groups in total. The van der Waals surface area contributed by atoms with Crippen molar-refractivity contribution < 1.29 is 4.74 Å². The summed E-state index contributed by atoms with van der Waals surface area (Å²) >= 11 is 0. The van der Waals surface area contributed by atoms with E-state index < -0.39 is 0 Å². The summed E-state index contributed by atoms with van der Waals surface area (Å²) in [4.78, 5) is 0. The monoisotopic (exact) mass is 142 g/mol. The second-order valence-corrected chi connectivity index (χ2v) is 3.76. The Balaban J connectivity index is 2.38. The molecule has 0 spiro atoms. The molecule has 10 heavy (non-hydrogen) atoms. The standard InChI is InChI=1S/C9H18O/c1-4-9(3)6-5-8(2)7-10-9/h8H,4-7H2,1-3H3/t8?,9-/m0/s1. The van der Waals surface area contributed by atoms with Crippen molar-refractivity contribution in [3.63, 3.8) is 0 Å². The topological polar surface area (TPSA) is 9.23 Å². The fourth-order valence-corrected chi connectivity index (χ4v) is 1.33. The Hall–Kier alpha value is -0.0400. The molecule has 1 aliphatic heterocycles. The summed E-state index contributed by atoms with van der Waals surface area (Å²) in [6, 6.07) is 0. The van der Waals surface area contributed by atoms with E-state index in [1.54, 1.807) is 0 Å². The Morgan fingerprint density at radius 1 is 1.60 bits per heavy atom. The highest BCUT2D eigenvalue weighted by atomic mass is 16.5. The van der Waals surface area contributed by atoms with Crippen molar-refractivity contribution >= 4 is 0 Å². The molecule has 60 valence electrons. The van der Waals surface area contributed by atoms with Gasteiger partial charge in [0, 0.05) is 6.61 Å². The zero-order chi connectivity index (χ0) is 7.61. The summed E-state index contributed by atoms with van der Waals surface area (Å²) in [5.74, 6) is 0.777. The number of rotatable bonds is 1. The number of ether oxygens (including phenoxy) is 1. The fourth-order valence-electron chi connectivity index (χ4n) is 1.33. The zero-order valence-electron chi connectivity index (χ0n) is 7.31. The van der Waals surface area contributed by atoms with Crippen LogP contribution in [0.25, 0.3) is 0 Å². The van der Waals surface area contributed by atoms with Crippen molar-refractivity contribution in [2.75, 3.05) is 6.61 Å². The molecule has 1 fully saturated rings. The Kier molecular flexibility index (Phi) is 2.35. The molecule has 1 nitrogen and oxygen atoms in total. The van der Waals surface area contributed by atoms with E-state index in [1.807, 2.05) is 0 Å². The van der Waals surface area contributed by atoms with Gasteiger partial charge in [-0.05, 0) is 32.1 Å². The molecule has 1 rings (SSSR count). The molecule has 0 aliphatic carbocycles. The predicted octanol–water partition coefficient (Wildman–Crippen LogP) is 2.60. The van der Waals surface area contributed by atoms with Gasteiger partial charge in [0.1, 0.15) is 0 Å². The molecule has 0 aromatic rings. The van der Waals surface area contributed by atoms with Gasteiger partial charge in [0.2, 0.25) is 0 Å². The lowest BCUT2D eigenvalue weighted by atomic mass is 9.89. The van der Waals surface area contributed by atoms with E-state index in [0.717, 1.165) is 18.9 Å². The van der Waals surface area contributed by atoms with E-state index in [4.69, 9.17) is 4.74 Å². The van der Waals surface area contributed by atoms with Gasteiger partial charge in [-0.3, -0.25) is 0 Å². The van der Waals surface area contributed by atoms with Crippen LogP contribution in [0.1, 0.15) is 40.0 Å². The number of hydrogen-bond donors (Lipinski definition) is 0. The van der Waals surface area contributed by atoms with Crippen LogP contribution in [0, 0.1) is 5.92 Å². The Morgan fingerprint density at radius 2 is 2.30 bits per heavy atom. The highest BCUT2D eigenvalue weighted by Crippen LogP contribution is 2.29. The summed E-state index contributed by atoms with van der Waals surface area (Å²) in [5, 5.41) is 0. The Labute approximate surface area is 63.8 Å². The van der Waals surface area contributed by atoms with E-state index in [0.29, 0.717) is 0 Å². The summed E-state index contributed by atoms with van der Waals surface area (Å²) in [7, 11) is 0. The molecular formula is C9H18O. The van der Waals surface area contributed by atoms with Gasteiger partial charge < -0.3 is 4.74 Å². The maximum atomic E-state index is 5.73. The minimum atomic E-state index is 0.201. The van der Waals surface area contributed by atoms with Crippen LogP contribution in [-0.4, -0.2) is 12.2 Å². The van der Waals surface area contributed by atoms with Crippen molar-refractivity contribution in [1.82, 2.24) is 0 Å². The van der Waals surface area contributed by atoms with Crippen LogP contribution >= 0.6 is 0 Å². The normalized spacial score (nSPS) is 41.7. The van der Waals surface area contributed by atoms with Gasteiger partial charge in [0.25, 0.3) is 0 Å². The Bertz CT molecular complexity index is 101. The summed E-state index contributed by atoms with van der Waals surface area (Å²) in [6.45, 7) is 7.65. The van der Waals surface area contributed by atoms with Crippen LogP contribution in [-0.2, 0) is 4.74 Å². The van der Waals surface area contributed by atoms with E-state index in [2.05, 4.69) is 20.8 Å². The van der Waals surface area contributed by atoms with Crippen LogP contribution in [0.5, 0.6) is 0 Å². The minimum Gasteiger partial charge on any atom is -0.375 e. The molecule has 1 aliphatic rings.